The van der Waals surface area contributed by atoms with Gasteiger partial charge in [-0.3, -0.25) is 4.39 Å². The summed E-state index contributed by atoms with van der Waals surface area (Å²) in [6.07, 6.45) is 0.284. The topological polar surface area (TPSA) is 86.1 Å². The third kappa shape index (κ3) is 22.1. The van der Waals surface area contributed by atoms with E-state index in [0.717, 1.165) is 24.6 Å². The van der Waals surface area contributed by atoms with Gasteiger partial charge in [-0.2, -0.15) is 0 Å². The van der Waals surface area contributed by atoms with Crippen LogP contribution in [0.4, 0.5) is 35.9 Å². The molecule has 1 heterocycles. The van der Waals surface area contributed by atoms with Crippen molar-refractivity contribution in [3.63, 3.8) is 0 Å². The fraction of sp³-hybridized carbons (Fsp3) is 0.409. The largest absolute Gasteiger partial charge is 2.00 e. The molecule has 1 saturated heterocycles. The van der Waals surface area contributed by atoms with Gasteiger partial charge in [0.15, 0.2) is 11.6 Å². The fourth-order valence-corrected chi connectivity index (χ4v) is 5.05. The van der Waals surface area contributed by atoms with Crippen LogP contribution in [0.15, 0.2) is 84.9 Å². The molecular formula is C44H51BrF6MgN2O6. The second kappa shape index (κ2) is 26.5. The van der Waals surface area contributed by atoms with Crippen molar-refractivity contribution < 1.29 is 71.9 Å². The monoisotopic (exact) mass is 920 g/mol. The van der Waals surface area contributed by atoms with E-state index in [-0.39, 0.29) is 70.8 Å². The Morgan fingerprint density at radius 1 is 0.733 bits per heavy atom. The van der Waals surface area contributed by atoms with Crippen molar-refractivity contribution in [3.8, 4) is 0 Å². The summed E-state index contributed by atoms with van der Waals surface area (Å²) < 4.78 is 98.3. The number of hydrogen-bond acceptors (Lipinski definition) is 6. The molecule has 4 aromatic rings. The van der Waals surface area contributed by atoms with Gasteiger partial charge in [-0.25, -0.2) is 31.5 Å². The molecular weight excluding hydrogens is 871 g/mol. The van der Waals surface area contributed by atoms with E-state index in [9.17, 15) is 35.9 Å². The second-order valence-corrected chi connectivity index (χ2v) is 15.3. The van der Waals surface area contributed by atoms with Gasteiger partial charge in [0.25, 0.3) is 0 Å². The first-order chi connectivity index (χ1) is 27.3. The van der Waals surface area contributed by atoms with E-state index in [1.807, 2.05) is 87.5 Å². The predicted molar refractivity (Wildman–Crippen MR) is 212 cm³/mol. The Labute approximate surface area is 375 Å². The van der Waals surface area contributed by atoms with Gasteiger partial charge in [0.05, 0.1) is 25.1 Å². The molecule has 0 radical (unpaired) electrons. The van der Waals surface area contributed by atoms with Crippen LogP contribution in [0.3, 0.4) is 0 Å². The van der Waals surface area contributed by atoms with E-state index >= 15 is 0 Å². The van der Waals surface area contributed by atoms with E-state index in [1.165, 1.54) is 5.56 Å². The predicted octanol–water partition coefficient (Wildman–Crippen LogP) is 6.89. The van der Waals surface area contributed by atoms with Crippen LogP contribution in [-0.4, -0.2) is 83.2 Å². The molecule has 60 heavy (non-hydrogen) atoms. The van der Waals surface area contributed by atoms with Crippen LogP contribution in [0.5, 0.6) is 0 Å². The molecule has 0 unspecified atom stereocenters. The third-order valence-electron chi connectivity index (χ3n) is 7.87. The first-order valence-corrected chi connectivity index (χ1v) is 18.7. The number of ether oxygens (including phenoxy) is 4. The molecule has 2 atom stereocenters. The Morgan fingerprint density at radius 2 is 1.25 bits per heavy atom. The SMILES string of the molecule is CC(C)(C)OC(=O)N1C[C@@H]1CCOCc1ccccc1.CC(C)(C)OC(=O)N[C@@H](CCOCc1ccccc1)Cc1cc(F)c(F)cc1F.Fc1[c-]cc(F)c(F)c1.[Br-].[Mg+2]. The Bertz CT molecular complexity index is 1890. The van der Waals surface area contributed by atoms with E-state index < -0.39 is 58.2 Å². The van der Waals surface area contributed by atoms with Crippen molar-refractivity contribution in [1.82, 2.24) is 10.2 Å². The number of benzene rings is 4. The van der Waals surface area contributed by atoms with Crippen LogP contribution in [0.25, 0.3) is 0 Å². The molecule has 0 aromatic heterocycles. The van der Waals surface area contributed by atoms with E-state index in [2.05, 4.69) is 5.32 Å². The van der Waals surface area contributed by atoms with Crippen molar-refractivity contribution in [2.75, 3.05) is 19.8 Å². The normalized spacial score (nSPS) is 13.5. The van der Waals surface area contributed by atoms with Crippen molar-refractivity contribution in [1.29, 1.82) is 0 Å². The zero-order valence-corrected chi connectivity index (χ0v) is 37.6. The zero-order valence-electron chi connectivity index (χ0n) is 34.6. The average molecular weight is 922 g/mol. The van der Waals surface area contributed by atoms with Crippen LogP contribution in [0, 0.1) is 41.0 Å². The van der Waals surface area contributed by atoms with Gasteiger partial charge in [0.2, 0.25) is 0 Å². The first kappa shape index (κ1) is 54.2. The molecule has 2 amide bonds. The minimum absolute atomic E-state index is 0. The molecule has 1 fully saturated rings. The van der Waals surface area contributed by atoms with Crippen molar-refractivity contribution in [2.24, 2.45) is 0 Å². The molecule has 8 nitrogen and oxygen atoms in total. The number of hydrogen-bond donors (Lipinski definition) is 1. The van der Waals surface area contributed by atoms with Crippen molar-refractivity contribution in [2.45, 2.75) is 97.3 Å². The number of alkyl carbamates (subject to hydrolysis) is 1. The molecule has 0 spiro atoms. The van der Waals surface area contributed by atoms with Crippen LogP contribution in [0.2, 0.25) is 0 Å². The van der Waals surface area contributed by atoms with Gasteiger partial charge < -0.3 is 46.1 Å². The maximum atomic E-state index is 14.0. The van der Waals surface area contributed by atoms with Crippen molar-refractivity contribution in [3.05, 3.63) is 143 Å². The minimum atomic E-state index is -1.26. The number of nitrogens with one attached hydrogen (secondary N) is 1. The maximum Gasteiger partial charge on any atom is 2.00 e. The van der Waals surface area contributed by atoms with Crippen LogP contribution in [-0.2, 0) is 38.6 Å². The van der Waals surface area contributed by atoms with Crippen LogP contribution >= 0.6 is 0 Å². The van der Waals surface area contributed by atoms with Gasteiger partial charge in [0, 0.05) is 43.5 Å². The molecule has 0 aliphatic carbocycles. The molecule has 1 aliphatic heterocycles. The Balaban J connectivity index is 0.000000501. The Hall–Kier alpha value is -3.83. The van der Waals surface area contributed by atoms with Crippen LogP contribution in [0.1, 0.15) is 71.1 Å². The molecule has 4 aromatic carbocycles. The number of carbonyl (C=O) groups excluding carboxylic acids is 2. The number of halogens is 7. The quantitative estimate of drug-likeness (QED) is 0.0393. The fourth-order valence-electron chi connectivity index (χ4n) is 5.05. The summed E-state index contributed by atoms with van der Waals surface area (Å²) in [4.78, 5) is 25.6. The summed E-state index contributed by atoms with van der Waals surface area (Å²) >= 11 is 0. The van der Waals surface area contributed by atoms with Gasteiger partial charge in [0.1, 0.15) is 17.0 Å². The molecule has 1 aliphatic rings. The molecule has 1 N–H and O–H groups in total. The van der Waals surface area contributed by atoms with E-state index in [0.29, 0.717) is 44.4 Å². The molecule has 0 saturated carbocycles. The van der Waals surface area contributed by atoms with Gasteiger partial charge >= 0.3 is 35.2 Å². The smallest absolute Gasteiger partial charge is 1.00 e. The first-order valence-electron chi connectivity index (χ1n) is 18.7. The zero-order chi connectivity index (χ0) is 42.9. The molecule has 5 rings (SSSR count). The number of amides is 2. The summed E-state index contributed by atoms with van der Waals surface area (Å²) in [5.74, 6) is -6.44. The number of nitrogens with zero attached hydrogens (tertiary/aromatic N) is 1. The van der Waals surface area contributed by atoms with Gasteiger partial charge in [-0.05, 0) is 83.6 Å². The standard InChI is InChI=1S/C22H26F3NO3.C16H23NO3.C6H2F3.BrH.Mg/c1-22(2,3)29-21(27)26-17(9-10-28-14-15-7-5-4-6-8-15)11-16-12-19(24)20(25)13-18(16)23;1-16(2,3)20-15(18)17-11-14(17)9-10-19-12-13-7-5-4-6-8-13;7-4-1-2-5(8)6(9)3-4;;/h4-8,12-13,17H,9-11,14H2,1-3H3,(H,26,27);4-8,14H,9-12H2,1-3H3;2-3H;1H;/q;;-1;;+2/p-1/t17-;14-,17?;;;/m00.../s1. The second-order valence-electron chi connectivity index (χ2n) is 15.3. The van der Waals surface area contributed by atoms with Gasteiger partial charge in [-0.15, -0.1) is 12.1 Å². The minimum Gasteiger partial charge on any atom is -1.00 e. The van der Waals surface area contributed by atoms with E-state index in [4.69, 9.17) is 18.9 Å². The molecule has 0 bridgehead atoms. The summed E-state index contributed by atoms with van der Waals surface area (Å²) in [7, 11) is 0. The summed E-state index contributed by atoms with van der Waals surface area (Å²) in [5.41, 5.74) is 1.01. The summed E-state index contributed by atoms with van der Waals surface area (Å²) in [5, 5.41) is 2.66. The Morgan fingerprint density at radius 3 is 1.77 bits per heavy atom. The van der Waals surface area contributed by atoms with Crippen molar-refractivity contribution >= 4 is 35.2 Å². The molecule has 324 valence electrons. The maximum absolute atomic E-state index is 14.0. The van der Waals surface area contributed by atoms with Gasteiger partial charge in [-0.1, -0.05) is 66.7 Å². The van der Waals surface area contributed by atoms with Crippen LogP contribution < -0.4 is 22.3 Å². The number of rotatable bonds is 13. The Kier molecular flexibility index (Phi) is 23.9. The summed E-state index contributed by atoms with van der Waals surface area (Å²) in [6, 6.07) is 23.6. The van der Waals surface area contributed by atoms with E-state index in [1.54, 1.807) is 25.7 Å². The number of carbonyl (C=O) groups is 2. The summed E-state index contributed by atoms with van der Waals surface area (Å²) in [6.45, 7) is 13.5. The third-order valence-corrected chi connectivity index (χ3v) is 7.87. The average Bonchev–Trinajstić information content (AvgIpc) is 3.92. The molecule has 16 heteroatoms.